The molecule has 0 saturated carbocycles. The Morgan fingerprint density at radius 2 is 1.54 bits per heavy atom. The van der Waals surface area contributed by atoms with Gasteiger partial charge in [-0.25, -0.2) is 0 Å². The number of nitrogens with one attached hydrogen (secondary N) is 1. The second-order valence-electron chi connectivity index (χ2n) is 11.9. The first-order chi connectivity index (χ1) is 22.0. The lowest BCUT2D eigenvalue weighted by Gasteiger charge is -2.43. The minimum absolute atomic E-state index is 0.00877. The van der Waals surface area contributed by atoms with Gasteiger partial charge in [-0.15, -0.1) is 0 Å². The van der Waals surface area contributed by atoms with Crippen LogP contribution in [0, 0.1) is 5.92 Å². The van der Waals surface area contributed by atoms with Gasteiger partial charge in [0.1, 0.15) is 0 Å². The van der Waals surface area contributed by atoms with Gasteiger partial charge in [0.25, 0.3) is 9.70 Å². The van der Waals surface area contributed by atoms with Crippen molar-refractivity contribution in [2.24, 2.45) is 5.92 Å². The quantitative estimate of drug-likeness (QED) is 0.165. The van der Waals surface area contributed by atoms with Gasteiger partial charge in [-0.2, -0.15) is 0 Å². The van der Waals surface area contributed by atoms with Crippen molar-refractivity contribution in [2.45, 2.75) is 55.3 Å². The lowest BCUT2D eigenvalue weighted by Crippen LogP contribution is -2.44. The number of benzene rings is 4. The molecule has 0 unspecified atom stereocenters. The van der Waals surface area contributed by atoms with Crippen LogP contribution in [0.1, 0.15) is 60.1 Å². The molecule has 9 heteroatoms. The molecule has 0 spiro atoms. The predicted molar refractivity (Wildman–Crippen MR) is 184 cm³/mol. The molecular weight excluding hydrogens is 643 g/mol. The highest BCUT2D eigenvalue weighted by atomic mass is 35.6. The van der Waals surface area contributed by atoms with Crippen LogP contribution in [0.5, 0.6) is 0 Å². The van der Waals surface area contributed by atoms with Crippen LogP contribution in [-0.2, 0) is 27.4 Å². The predicted octanol–water partition coefficient (Wildman–Crippen LogP) is 8.32. The van der Waals surface area contributed by atoms with Crippen molar-refractivity contribution >= 4 is 40.7 Å². The molecule has 46 heavy (non-hydrogen) atoms. The largest absolute Gasteiger partial charge is 0.392 e. The summed E-state index contributed by atoms with van der Waals surface area (Å²) in [5.41, 5.74) is 6.87. The van der Waals surface area contributed by atoms with E-state index in [0.717, 1.165) is 33.4 Å². The van der Waals surface area contributed by atoms with Crippen molar-refractivity contribution in [1.29, 1.82) is 0 Å². The number of nitrogens with zero attached hydrogens (tertiary/aromatic N) is 1. The van der Waals surface area contributed by atoms with Crippen LogP contribution in [-0.4, -0.2) is 39.4 Å². The Balaban J connectivity index is 1.40. The maximum atomic E-state index is 12.1. The summed E-state index contributed by atoms with van der Waals surface area (Å²) in [7, 11) is 2.13. The van der Waals surface area contributed by atoms with Crippen molar-refractivity contribution < 1.29 is 19.4 Å². The number of amides is 1. The Kier molecular flexibility index (Phi) is 11.4. The normalized spacial score (nSPS) is 20.8. The Morgan fingerprint density at radius 1 is 0.870 bits per heavy atom. The molecule has 2 N–H and O–H groups in total. The summed E-state index contributed by atoms with van der Waals surface area (Å²) in [5.74, 6) is -0.617. The number of aliphatic hydroxyl groups is 1. The number of halogens is 3. The van der Waals surface area contributed by atoms with Crippen LogP contribution in [0.4, 0.5) is 0 Å². The number of alkyl halides is 3. The van der Waals surface area contributed by atoms with Gasteiger partial charge in [0, 0.05) is 30.6 Å². The fourth-order valence-electron chi connectivity index (χ4n) is 5.76. The molecule has 6 nitrogen and oxygen atoms in total. The molecule has 0 aliphatic carbocycles. The molecule has 1 amide bonds. The lowest BCUT2D eigenvalue weighted by atomic mass is 9.89. The molecule has 1 aliphatic heterocycles. The first-order valence-corrected chi connectivity index (χ1v) is 16.5. The third-order valence-electron chi connectivity index (χ3n) is 8.66. The molecule has 1 fully saturated rings. The number of likely N-dealkylation sites (N-methyl/N-ethyl adjacent to an activating group) is 1. The molecule has 4 aromatic rings. The number of ether oxygens (including phenoxy) is 2. The van der Waals surface area contributed by atoms with Crippen LogP contribution in [0.25, 0.3) is 11.1 Å². The average Bonchev–Trinajstić information content (AvgIpc) is 3.08. The molecule has 0 radical (unpaired) electrons. The van der Waals surface area contributed by atoms with Crippen molar-refractivity contribution in [3.63, 3.8) is 0 Å². The third kappa shape index (κ3) is 8.50. The van der Waals surface area contributed by atoms with Crippen molar-refractivity contribution in [3.8, 4) is 11.1 Å². The minimum Gasteiger partial charge on any atom is -0.392 e. The monoisotopic (exact) mass is 680 g/mol. The first kappa shape index (κ1) is 34.4. The highest BCUT2D eigenvalue weighted by Crippen LogP contribution is 2.43. The second kappa shape index (κ2) is 15.3. The van der Waals surface area contributed by atoms with Gasteiger partial charge >= 0.3 is 0 Å². The summed E-state index contributed by atoms with van der Waals surface area (Å²) in [4.78, 5) is 14.4. The fourth-order valence-corrected chi connectivity index (χ4v) is 5.96. The van der Waals surface area contributed by atoms with Crippen LogP contribution >= 0.6 is 34.8 Å². The summed E-state index contributed by atoms with van der Waals surface area (Å²) in [6.07, 6.45) is -0.938. The SMILES string of the molecule is C[C@H]1[C@@H](CN(C)[C@@H](C)c2ccccc2)O[C@@H](c2cccc(-c3cccc(CNC(=O)C(Cl)(Cl)Cl)c3)c2)O[C@H]1c1ccc(CO)cc1. The highest BCUT2D eigenvalue weighted by Gasteiger charge is 2.39. The van der Waals surface area contributed by atoms with Crippen LogP contribution in [0.2, 0.25) is 0 Å². The zero-order valence-corrected chi connectivity index (χ0v) is 28.3. The molecule has 0 aromatic heterocycles. The smallest absolute Gasteiger partial charge is 0.272 e. The average molecular weight is 682 g/mol. The maximum absolute atomic E-state index is 12.1. The fraction of sp³-hybridized carbons (Fsp3) is 0.324. The van der Waals surface area contributed by atoms with E-state index in [9.17, 15) is 9.90 Å². The van der Waals surface area contributed by atoms with Crippen LogP contribution in [0.15, 0.2) is 103 Å². The van der Waals surface area contributed by atoms with Gasteiger partial charge in [0.05, 0.1) is 18.8 Å². The molecule has 0 bridgehead atoms. The number of carbonyl (C=O) groups is 1. The zero-order chi connectivity index (χ0) is 32.8. The standard InChI is InChI=1S/C37H39Cl3N2O4/c1-24-33(22-42(3)25(2)28-10-5-4-6-11-28)45-35(46-34(24)29-17-15-26(23-43)16-18-29)32-14-8-13-31(20-32)30-12-7-9-27(19-30)21-41-36(44)37(38,39)40/h4-20,24-25,33-35,43H,21-23H2,1-3H3,(H,41,44)/t24-,25-,33+,34+,35+/m0/s1. The maximum Gasteiger partial charge on any atom is 0.272 e. The second-order valence-corrected chi connectivity index (χ2v) is 14.1. The number of aliphatic hydroxyl groups excluding tert-OH is 1. The van der Waals surface area contributed by atoms with E-state index in [4.69, 9.17) is 44.3 Å². The van der Waals surface area contributed by atoms with Crippen molar-refractivity contribution in [2.75, 3.05) is 13.6 Å². The van der Waals surface area contributed by atoms with E-state index in [1.807, 2.05) is 72.8 Å². The van der Waals surface area contributed by atoms with E-state index in [1.54, 1.807) is 0 Å². The summed E-state index contributed by atoms with van der Waals surface area (Å²) < 4.78 is 11.5. The van der Waals surface area contributed by atoms with E-state index in [-0.39, 0.29) is 37.3 Å². The Morgan fingerprint density at radius 3 is 2.22 bits per heavy atom. The summed E-state index contributed by atoms with van der Waals surface area (Å²) in [6, 6.07) is 34.6. The Hall–Kier alpha value is -2.94. The van der Waals surface area contributed by atoms with Crippen molar-refractivity contribution in [3.05, 3.63) is 131 Å². The number of rotatable bonds is 10. The number of hydrogen-bond donors (Lipinski definition) is 2. The Bertz CT molecular complexity index is 1600. The Labute approximate surface area is 286 Å². The van der Waals surface area contributed by atoms with Crippen molar-refractivity contribution in [1.82, 2.24) is 10.2 Å². The molecule has 4 aromatic carbocycles. The van der Waals surface area contributed by atoms with Crippen LogP contribution in [0.3, 0.4) is 0 Å². The molecule has 1 saturated heterocycles. The van der Waals surface area contributed by atoms with Gasteiger partial charge in [0.15, 0.2) is 6.29 Å². The van der Waals surface area contributed by atoms with Gasteiger partial charge in [-0.3, -0.25) is 9.69 Å². The molecular formula is C37H39Cl3N2O4. The highest BCUT2D eigenvalue weighted by molar-refractivity contribution is 6.76. The number of carbonyl (C=O) groups excluding carboxylic acids is 1. The van der Waals surface area contributed by atoms with Gasteiger partial charge in [0.2, 0.25) is 0 Å². The van der Waals surface area contributed by atoms with Gasteiger partial charge in [-0.1, -0.05) is 133 Å². The molecule has 5 rings (SSSR count). The molecule has 1 aliphatic rings. The van der Waals surface area contributed by atoms with Crippen LogP contribution < -0.4 is 5.32 Å². The van der Waals surface area contributed by atoms with Gasteiger partial charge < -0.3 is 19.9 Å². The summed E-state index contributed by atoms with van der Waals surface area (Å²) in [6.45, 7) is 5.31. The first-order valence-electron chi connectivity index (χ1n) is 15.3. The molecule has 1 heterocycles. The van der Waals surface area contributed by atoms with Gasteiger partial charge in [-0.05, 0) is 59.5 Å². The topological polar surface area (TPSA) is 71.0 Å². The zero-order valence-electron chi connectivity index (χ0n) is 26.1. The molecule has 242 valence electrons. The van der Waals surface area contributed by atoms with E-state index in [2.05, 4.69) is 61.4 Å². The summed E-state index contributed by atoms with van der Waals surface area (Å²) in [5, 5.41) is 12.3. The summed E-state index contributed by atoms with van der Waals surface area (Å²) >= 11 is 17.1. The third-order valence-corrected chi connectivity index (χ3v) is 9.18. The number of hydrogen-bond acceptors (Lipinski definition) is 5. The molecule has 5 atom stereocenters. The minimum atomic E-state index is -2.02. The lowest BCUT2D eigenvalue weighted by molar-refractivity contribution is -0.276. The van der Waals surface area contributed by atoms with E-state index < -0.39 is 16.0 Å². The van der Waals surface area contributed by atoms with E-state index >= 15 is 0 Å². The van der Waals surface area contributed by atoms with E-state index in [1.165, 1.54) is 5.56 Å². The van der Waals surface area contributed by atoms with E-state index in [0.29, 0.717) is 6.54 Å².